The lowest BCUT2D eigenvalue weighted by Crippen LogP contribution is -2.48. The van der Waals surface area contributed by atoms with Crippen LogP contribution in [0.3, 0.4) is 0 Å². The molecule has 2 aromatic carbocycles. The minimum absolute atomic E-state index is 0.0132. The maximum atomic E-state index is 12.2. The highest BCUT2D eigenvalue weighted by molar-refractivity contribution is 5.90. The second kappa shape index (κ2) is 9.19. The number of nitrogens with one attached hydrogen (secondary N) is 1. The van der Waals surface area contributed by atoms with Gasteiger partial charge in [-0.3, -0.25) is 14.5 Å². The van der Waals surface area contributed by atoms with E-state index in [-0.39, 0.29) is 11.8 Å². The number of carbonyl (C=O) groups is 2. The summed E-state index contributed by atoms with van der Waals surface area (Å²) in [7, 11) is 0. The number of benzene rings is 2. The fourth-order valence-electron chi connectivity index (χ4n) is 3.00. The number of piperazine rings is 1. The van der Waals surface area contributed by atoms with Crippen LogP contribution < -0.4 is 10.1 Å². The van der Waals surface area contributed by atoms with Gasteiger partial charge in [-0.25, -0.2) is 0 Å². The zero-order valence-electron chi connectivity index (χ0n) is 15.6. The van der Waals surface area contributed by atoms with Gasteiger partial charge < -0.3 is 15.0 Å². The van der Waals surface area contributed by atoms with Crippen molar-refractivity contribution in [1.82, 2.24) is 9.80 Å². The molecule has 1 aliphatic heterocycles. The molecule has 6 nitrogen and oxygen atoms in total. The van der Waals surface area contributed by atoms with E-state index in [0.717, 1.165) is 43.4 Å². The minimum atomic E-state index is -0.0132. The number of rotatable bonds is 6. The lowest BCUT2D eigenvalue weighted by Gasteiger charge is -2.34. The highest BCUT2D eigenvalue weighted by atomic mass is 16.5. The fraction of sp³-hybridized carbons (Fsp3) is 0.333. The van der Waals surface area contributed by atoms with Gasteiger partial charge in [0.25, 0.3) is 0 Å². The number of amides is 2. The normalized spacial score (nSPS) is 14.6. The summed E-state index contributed by atoms with van der Waals surface area (Å²) in [5.74, 6) is 1.61. The Morgan fingerprint density at radius 2 is 1.56 bits per heavy atom. The van der Waals surface area contributed by atoms with Crippen LogP contribution in [0.4, 0.5) is 5.69 Å². The molecule has 0 saturated carbocycles. The van der Waals surface area contributed by atoms with Gasteiger partial charge in [-0.2, -0.15) is 0 Å². The maximum absolute atomic E-state index is 12.2. The van der Waals surface area contributed by atoms with Crippen LogP contribution in [0.1, 0.15) is 13.3 Å². The highest BCUT2D eigenvalue weighted by Gasteiger charge is 2.18. The van der Waals surface area contributed by atoms with Crippen molar-refractivity contribution in [3.05, 3.63) is 54.6 Å². The first-order valence-corrected chi connectivity index (χ1v) is 9.21. The van der Waals surface area contributed by atoms with Gasteiger partial charge in [0.15, 0.2) is 0 Å². The third-order valence-corrected chi connectivity index (χ3v) is 4.59. The van der Waals surface area contributed by atoms with Crippen LogP contribution in [0.5, 0.6) is 11.5 Å². The first kappa shape index (κ1) is 18.9. The maximum Gasteiger partial charge on any atom is 0.225 e. The molecule has 1 heterocycles. The average molecular weight is 367 g/mol. The van der Waals surface area contributed by atoms with Gasteiger partial charge in [-0.1, -0.05) is 18.2 Å². The number of anilines is 1. The number of carbonyl (C=O) groups excluding carboxylic acids is 2. The van der Waals surface area contributed by atoms with E-state index in [1.165, 1.54) is 0 Å². The number of hydrogen-bond donors (Lipinski definition) is 1. The van der Waals surface area contributed by atoms with Gasteiger partial charge in [-0.05, 0) is 36.4 Å². The first-order valence-electron chi connectivity index (χ1n) is 9.21. The summed E-state index contributed by atoms with van der Waals surface area (Å²) < 4.78 is 5.74. The zero-order chi connectivity index (χ0) is 19.1. The molecule has 0 bridgehead atoms. The largest absolute Gasteiger partial charge is 0.457 e. The van der Waals surface area contributed by atoms with Crippen LogP contribution >= 0.6 is 0 Å². The van der Waals surface area contributed by atoms with E-state index in [1.807, 2.05) is 59.5 Å². The molecule has 0 unspecified atom stereocenters. The molecule has 0 atom stereocenters. The second-order valence-electron chi connectivity index (χ2n) is 6.59. The number of para-hydroxylation sites is 1. The molecule has 0 radical (unpaired) electrons. The molecule has 3 rings (SSSR count). The van der Waals surface area contributed by atoms with E-state index < -0.39 is 0 Å². The molecule has 1 N–H and O–H groups in total. The van der Waals surface area contributed by atoms with Crippen LogP contribution in [0.25, 0.3) is 0 Å². The minimum Gasteiger partial charge on any atom is -0.457 e. The first-order chi connectivity index (χ1) is 13.1. The quantitative estimate of drug-likeness (QED) is 0.853. The Bertz CT molecular complexity index is 754. The molecule has 2 aromatic rings. The highest BCUT2D eigenvalue weighted by Crippen LogP contribution is 2.22. The third kappa shape index (κ3) is 5.82. The van der Waals surface area contributed by atoms with E-state index in [2.05, 4.69) is 10.2 Å². The smallest absolute Gasteiger partial charge is 0.225 e. The van der Waals surface area contributed by atoms with Crippen molar-refractivity contribution < 1.29 is 14.3 Å². The molecule has 0 aromatic heterocycles. The van der Waals surface area contributed by atoms with E-state index in [9.17, 15) is 9.59 Å². The summed E-state index contributed by atoms with van der Waals surface area (Å²) in [5, 5.41) is 2.91. The van der Waals surface area contributed by atoms with E-state index in [4.69, 9.17) is 4.74 Å². The Balaban J connectivity index is 1.41. The average Bonchev–Trinajstić information content (AvgIpc) is 2.69. The Labute approximate surface area is 159 Å². The predicted octanol–water partition coefficient (Wildman–Crippen LogP) is 2.97. The molecule has 27 heavy (non-hydrogen) atoms. The molecule has 142 valence electrons. The van der Waals surface area contributed by atoms with Crippen LogP contribution in [0.15, 0.2) is 54.6 Å². The molecule has 1 fully saturated rings. The fourth-order valence-corrected chi connectivity index (χ4v) is 3.00. The molecule has 2 amide bonds. The molecule has 0 spiro atoms. The number of hydrogen-bond acceptors (Lipinski definition) is 4. The topological polar surface area (TPSA) is 61.9 Å². The van der Waals surface area contributed by atoms with E-state index in [0.29, 0.717) is 13.0 Å². The van der Waals surface area contributed by atoms with Crippen LogP contribution in [-0.2, 0) is 9.59 Å². The summed E-state index contributed by atoms with van der Waals surface area (Å²) in [6.45, 7) is 5.41. The second-order valence-corrected chi connectivity index (χ2v) is 6.59. The molecule has 1 saturated heterocycles. The van der Waals surface area contributed by atoms with E-state index >= 15 is 0 Å². The third-order valence-electron chi connectivity index (χ3n) is 4.59. The van der Waals surface area contributed by atoms with Crippen LogP contribution in [-0.4, -0.2) is 54.3 Å². The standard InChI is InChI=1S/C21H25N3O3/c1-17(25)24-15-13-23(14-16-24)12-11-21(26)22-18-7-9-20(10-8-18)27-19-5-3-2-4-6-19/h2-10H,11-16H2,1H3,(H,22,26). The van der Waals surface area contributed by atoms with E-state index in [1.54, 1.807) is 6.92 Å². The van der Waals surface area contributed by atoms with Gasteiger partial charge in [0.1, 0.15) is 11.5 Å². The Morgan fingerprint density at radius 3 is 2.19 bits per heavy atom. The van der Waals surface area contributed by atoms with Gasteiger partial charge in [0, 0.05) is 51.8 Å². The number of ether oxygens (including phenoxy) is 1. The van der Waals surface area contributed by atoms with Crippen molar-refractivity contribution in [3.8, 4) is 11.5 Å². The van der Waals surface area contributed by atoms with Gasteiger partial charge in [0.2, 0.25) is 11.8 Å². The summed E-state index contributed by atoms with van der Waals surface area (Å²) in [5.41, 5.74) is 0.752. The van der Waals surface area contributed by atoms with Gasteiger partial charge in [0.05, 0.1) is 0 Å². The van der Waals surface area contributed by atoms with Gasteiger partial charge in [-0.15, -0.1) is 0 Å². The Morgan fingerprint density at radius 1 is 0.926 bits per heavy atom. The van der Waals surface area contributed by atoms with Crippen molar-refractivity contribution in [2.24, 2.45) is 0 Å². The Kier molecular flexibility index (Phi) is 6.44. The SMILES string of the molecule is CC(=O)N1CCN(CCC(=O)Nc2ccc(Oc3ccccc3)cc2)CC1. The predicted molar refractivity (Wildman–Crippen MR) is 105 cm³/mol. The lowest BCUT2D eigenvalue weighted by molar-refractivity contribution is -0.130. The van der Waals surface area contributed by atoms with Crippen molar-refractivity contribution in [1.29, 1.82) is 0 Å². The summed E-state index contributed by atoms with van der Waals surface area (Å²) in [4.78, 5) is 27.6. The van der Waals surface area contributed by atoms with Crippen LogP contribution in [0.2, 0.25) is 0 Å². The molecular formula is C21H25N3O3. The van der Waals surface area contributed by atoms with Crippen molar-refractivity contribution in [2.45, 2.75) is 13.3 Å². The zero-order valence-corrected chi connectivity index (χ0v) is 15.6. The van der Waals surface area contributed by atoms with Crippen LogP contribution in [0, 0.1) is 0 Å². The molecular weight excluding hydrogens is 342 g/mol. The monoisotopic (exact) mass is 367 g/mol. The van der Waals surface area contributed by atoms with Crippen molar-refractivity contribution in [3.63, 3.8) is 0 Å². The molecule has 1 aliphatic rings. The number of nitrogens with zero attached hydrogens (tertiary/aromatic N) is 2. The van der Waals surface area contributed by atoms with Crippen molar-refractivity contribution >= 4 is 17.5 Å². The Hall–Kier alpha value is -2.86. The lowest BCUT2D eigenvalue weighted by atomic mass is 10.2. The molecule has 0 aliphatic carbocycles. The summed E-state index contributed by atoms with van der Waals surface area (Å²) in [6, 6.07) is 16.9. The summed E-state index contributed by atoms with van der Waals surface area (Å²) >= 11 is 0. The molecule has 6 heteroatoms. The summed E-state index contributed by atoms with van der Waals surface area (Å²) in [6.07, 6.45) is 0.433. The van der Waals surface area contributed by atoms with Crippen molar-refractivity contribution in [2.75, 3.05) is 38.0 Å². The van der Waals surface area contributed by atoms with Gasteiger partial charge >= 0.3 is 0 Å².